The molecule has 0 bridgehead atoms. The molecule has 1 aliphatic rings. The summed E-state index contributed by atoms with van der Waals surface area (Å²) < 4.78 is 10.5. The smallest absolute Gasteiger partial charge is 0.218 e. The number of methoxy groups -OCH3 is 1. The van der Waals surface area contributed by atoms with Crippen LogP contribution >= 0.6 is 0 Å². The number of aromatic nitrogens is 2. The summed E-state index contributed by atoms with van der Waals surface area (Å²) in [7, 11) is 1.75. The molecule has 0 amide bonds. The van der Waals surface area contributed by atoms with E-state index in [1.165, 1.54) is 19.2 Å². The van der Waals surface area contributed by atoms with E-state index < -0.39 is 0 Å². The maximum atomic E-state index is 5.35. The van der Waals surface area contributed by atoms with E-state index in [1.54, 1.807) is 7.11 Å². The zero-order chi connectivity index (χ0) is 12.8. The molecule has 0 atom stereocenters. The largest absolute Gasteiger partial charge is 0.478 e. The molecular weight excluding hydrogens is 230 g/mol. The van der Waals surface area contributed by atoms with Crippen molar-refractivity contribution < 1.29 is 9.47 Å². The van der Waals surface area contributed by atoms with Crippen LogP contribution < -0.4 is 10.1 Å². The number of hydrogen-bond acceptors (Lipinski definition) is 5. The molecule has 1 aliphatic carbocycles. The Morgan fingerprint density at radius 2 is 2.22 bits per heavy atom. The molecule has 0 aliphatic heterocycles. The van der Waals surface area contributed by atoms with Crippen LogP contribution in [0.1, 0.15) is 26.2 Å². The summed E-state index contributed by atoms with van der Waals surface area (Å²) >= 11 is 0. The second-order valence-corrected chi connectivity index (χ2v) is 4.77. The van der Waals surface area contributed by atoms with E-state index in [0.29, 0.717) is 17.9 Å². The second-order valence-electron chi connectivity index (χ2n) is 4.77. The Labute approximate surface area is 108 Å². The van der Waals surface area contributed by atoms with Gasteiger partial charge in [0, 0.05) is 26.3 Å². The van der Waals surface area contributed by atoms with Crippen LogP contribution in [0.25, 0.3) is 0 Å². The molecule has 0 aromatic carbocycles. The number of nitrogens with one attached hydrogen (secondary N) is 1. The molecule has 0 saturated heterocycles. The molecule has 0 radical (unpaired) electrons. The monoisotopic (exact) mass is 251 g/mol. The molecule has 0 unspecified atom stereocenters. The maximum Gasteiger partial charge on any atom is 0.218 e. The lowest BCUT2D eigenvalue weighted by atomic mass is 10.0. The van der Waals surface area contributed by atoms with Crippen molar-refractivity contribution in [3.05, 3.63) is 12.4 Å². The van der Waals surface area contributed by atoms with Gasteiger partial charge in [0.1, 0.15) is 12.1 Å². The average Bonchev–Trinajstić information content (AvgIpc) is 3.16. The molecule has 1 saturated carbocycles. The molecule has 1 aromatic rings. The van der Waals surface area contributed by atoms with Gasteiger partial charge in [-0.2, -0.15) is 0 Å². The van der Waals surface area contributed by atoms with Crippen molar-refractivity contribution >= 4 is 5.82 Å². The first-order valence-corrected chi connectivity index (χ1v) is 6.46. The summed E-state index contributed by atoms with van der Waals surface area (Å²) in [5, 5.41) is 3.37. The minimum absolute atomic E-state index is 0.409. The fourth-order valence-electron chi connectivity index (χ4n) is 1.95. The van der Waals surface area contributed by atoms with Gasteiger partial charge in [0.15, 0.2) is 0 Å². The van der Waals surface area contributed by atoms with E-state index in [2.05, 4.69) is 15.3 Å². The van der Waals surface area contributed by atoms with Gasteiger partial charge in [-0.1, -0.05) is 0 Å². The number of nitrogens with zero attached hydrogens (tertiary/aromatic N) is 2. The van der Waals surface area contributed by atoms with E-state index >= 15 is 0 Å². The van der Waals surface area contributed by atoms with E-state index in [4.69, 9.17) is 9.47 Å². The zero-order valence-corrected chi connectivity index (χ0v) is 11.1. The summed E-state index contributed by atoms with van der Waals surface area (Å²) in [4.78, 5) is 8.24. The Hall–Kier alpha value is -1.36. The average molecular weight is 251 g/mol. The van der Waals surface area contributed by atoms with Crippen LogP contribution in [0, 0.1) is 5.41 Å². The van der Waals surface area contributed by atoms with Crippen LogP contribution in [0.2, 0.25) is 0 Å². The van der Waals surface area contributed by atoms with Crippen LogP contribution in [0.3, 0.4) is 0 Å². The van der Waals surface area contributed by atoms with Crippen molar-refractivity contribution in [2.45, 2.75) is 26.2 Å². The van der Waals surface area contributed by atoms with E-state index in [0.717, 1.165) is 25.4 Å². The lowest BCUT2D eigenvalue weighted by Crippen LogP contribution is -2.18. The molecule has 5 nitrogen and oxygen atoms in total. The molecule has 100 valence electrons. The summed E-state index contributed by atoms with van der Waals surface area (Å²) in [5.74, 6) is 1.45. The lowest BCUT2D eigenvalue weighted by Gasteiger charge is -2.15. The first kappa shape index (κ1) is 13.1. The first-order valence-electron chi connectivity index (χ1n) is 6.46. The Bertz CT molecular complexity index is 380. The standard InChI is InChI=1S/C13H21N3O2/c1-3-18-12-8-11(15-10-16-12)14-9-13(4-5-13)6-7-17-2/h8,10H,3-7,9H2,1-2H3,(H,14,15,16). The van der Waals surface area contributed by atoms with Crippen LogP contribution in [0.4, 0.5) is 5.82 Å². The Morgan fingerprint density at radius 1 is 1.39 bits per heavy atom. The van der Waals surface area contributed by atoms with Gasteiger partial charge in [-0.3, -0.25) is 0 Å². The SMILES string of the molecule is CCOc1cc(NCC2(CCOC)CC2)ncn1. The summed E-state index contributed by atoms with van der Waals surface area (Å²) in [5.41, 5.74) is 0.409. The summed E-state index contributed by atoms with van der Waals surface area (Å²) in [6.45, 7) is 4.34. The van der Waals surface area contributed by atoms with E-state index in [-0.39, 0.29) is 0 Å². The molecule has 2 rings (SSSR count). The third-order valence-corrected chi connectivity index (χ3v) is 3.37. The zero-order valence-electron chi connectivity index (χ0n) is 11.1. The lowest BCUT2D eigenvalue weighted by molar-refractivity contribution is 0.175. The fourth-order valence-corrected chi connectivity index (χ4v) is 1.95. The van der Waals surface area contributed by atoms with Crippen molar-refractivity contribution in [1.82, 2.24) is 9.97 Å². The molecule has 18 heavy (non-hydrogen) atoms. The highest BCUT2D eigenvalue weighted by atomic mass is 16.5. The van der Waals surface area contributed by atoms with Crippen LogP contribution in [-0.4, -0.2) is 36.8 Å². The predicted octanol–water partition coefficient (Wildman–Crippen LogP) is 2.10. The van der Waals surface area contributed by atoms with Gasteiger partial charge in [0.05, 0.1) is 6.61 Å². The van der Waals surface area contributed by atoms with Gasteiger partial charge < -0.3 is 14.8 Å². The third-order valence-electron chi connectivity index (χ3n) is 3.37. The minimum atomic E-state index is 0.409. The van der Waals surface area contributed by atoms with Gasteiger partial charge in [0.25, 0.3) is 0 Å². The van der Waals surface area contributed by atoms with Gasteiger partial charge in [0.2, 0.25) is 5.88 Å². The first-order chi connectivity index (χ1) is 8.78. The highest BCUT2D eigenvalue weighted by Gasteiger charge is 2.41. The molecule has 5 heteroatoms. The van der Waals surface area contributed by atoms with Crippen molar-refractivity contribution in [1.29, 1.82) is 0 Å². The van der Waals surface area contributed by atoms with Crippen molar-refractivity contribution in [3.63, 3.8) is 0 Å². The number of rotatable bonds is 8. The summed E-state index contributed by atoms with van der Waals surface area (Å²) in [6, 6.07) is 1.84. The Morgan fingerprint density at radius 3 is 2.89 bits per heavy atom. The molecule has 1 heterocycles. The molecular formula is C13H21N3O2. The highest BCUT2D eigenvalue weighted by Crippen LogP contribution is 2.48. The van der Waals surface area contributed by atoms with Crippen molar-refractivity contribution in [3.8, 4) is 5.88 Å². The number of hydrogen-bond donors (Lipinski definition) is 1. The topological polar surface area (TPSA) is 56.3 Å². The Balaban J connectivity index is 1.84. The molecule has 0 spiro atoms. The molecule has 1 fully saturated rings. The van der Waals surface area contributed by atoms with Gasteiger partial charge >= 0.3 is 0 Å². The van der Waals surface area contributed by atoms with E-state index in [9.17, 15) is 0 Å². The van der Waals surface area contributed by atoms with Gasteiger partial charge in [-0.05, 0) is 31.6 Å². The van der Waals surface area contributed by atoms with Gasteiger partial charge in [-0.15, -0.1) is 0 Å². The molecule has 1 N–H and O–H groups in total. The maximum absolute atomic E-state index is 5.35. The van der Waals surface area contributed by atoms with Gasteiger partial charge in [-0.25, -0.2) is 9.97 Å². The van der Waals surface area contributed by atoms with Crippen molar-refractivity contribution in [2.24, 2.45) is 5.41 Å². The quantitative estimate of drug-likeness (QED) is 0.766. The van der Waals surface area contributed by atoms with Crippen LogP contribution in [0.5, 0.6) is 5.88 Å². The fraction of sp³-hybridized carbons (Fsp3) is 0.692. The number of ether oxygens (including phenoxy) is 2. The number of anilines is 1. The van der Waals surface area contributed by atoms with E-state index in [1.807, 2.05) is 13.0 Å². The van der Waals surface area contributed by atoms with Crippen molar-refractivity contribution in [2.75, 3.05) is 32.2 Å². The normalized spacial score (nSPS) is 16.3. The minimum Gasteiger partial charge on any atom is -0.478 e. The van der Waals surface area contributed by atoms with Crippen LogP contribution in [-0.2, 0) is 4.74 Å². The highest BCUT2D eigenvalue weighted by molar-refractivity contribution is 5.37. The summed E-state index contributed by atoms with van der Waals surface area (Å²) in [6.07, 6.45) is 5.18. The Kier molecular flexibility index (Phi) is 4.36. The third kappa shape index (κ3) is 3.57. The second kappa shape index (κ2) is 6.00. The molecule has 1 aromatic heterocycles. The predicted molar refractivity (Wildman–Crippen MR) is 69.9 cm³/mol. The van der Waals surface area contributed by atoms with Crippen LogP contribution in [0.15, 0.2) is 12.4 Å².